The average molecular weight is 274 g/mol. The molecule has 0 aliphatic carbocycles. The molecular formula is C10H6BrClO2. The fourth-order valence-electron chi connectivity index (χ4n) is 1.31. The summed E-state index contributed by atoms with van der Waals surface area (Å²) >= 11 is 9.09. The molecule has 1 aromatic carbocycles. The minimum absolute atomic E-state index is 0.304. The predicted octanol–water partition coefficient (Wildman–Crippen LogP) is 3.29. The van der Waals surface area contributed by atoms with Gasteiger partial charge in [0.2, 0.25) is 0 Å². The normalized spacial score (nSPS) is 10.7. The van der Waals surface area contributed by atoms with E-state index in [9.17, 15) is 4.79 Å². The number of benzene rings is 1. The van der Waals surface area contributed by atoms with E-state index in [1.54, 1.807) is 6.07 Å². The first-order valence-corrected chi connectivity index (χ1v) is 5.32. The Labute approximate surface area is 93.6 Å². The summed E-state index contributed by atoms with van der Waals surface area (Å²) in [4.78, 5) is 11.1. The van der Waals surface area contributed by atoms with Crippen molar-refractivity contribution in [1.29, 1.82) is 0 Å². The third kappa shape index (κ3) is 1.70. The second-order valence-electron chi connectivity index (χ2n) is 2.86. The molecule has 2 aromatic rings. The monoisotopic (exact) mass is 272 g/mol. The number of alkyl halides is 1. The molecule has 0 saturated heterocycles. The lowest BCUT2D eigenvalue weighted by Crippen LogP contribution is -1.99. The Morgan fingerprint density at radius 1 is 1.36 bits per heavy atom. The number of halogens is 2. The first kappa shape index (κ1) is 9.74. The van der Waals surface area contributed by atoms with Gasteiger partial charge in [0.05, 0.1) is 0 Å². The van der Waals surface area contributed by atoms with Gasteiger partial charge in [0, 0.05) is 21.8 Å². The third-order valence-corrected chi connectivity index (χ3v) is 2.72. The average Bonchev–Trinajstić information content (AvgIpc) is 2.17. The van der Waals surface area contributed by atoms with E-state index in [2.05, 4.69) is 15.9 Å². The lowest BCUT2D eigenvalue weighted by atomic mass is 10.1. The van der Waals surface area contributed by atoms with Gasteiger partial charge in [-0.25, -0.2) is 4.79 Å². The number of hydrogen-bond acceptors (Lipinski definition) is 2. The summed E-state index contributed by atoms with van der Waals surface area (Å²) in [6.07, 6.45) is 0. The number of hydrogen-bond donors (Lipinski definition) is 0. The number of rotatable bonds is 1. The van der Waals surface area contributed by atoms with Gasteiger partial charge in [-0.15, -0.1) is 11.6 Å². The van der Waals surface area contributed by atoms with Crippen LogP contribution in [-0.4, -0.2) is 0 Å². The molecule has 0 fully saturated rings. The van der Waals surface area contributed by atoms with Crippen LogP contribution in [0.1, 0.15) is 5.56 Å². The standard InChI is InChI=1S/C10H6BrClO2/c11-7-1-2-9-8(4-7)6(5-12)3-10(13)14-9/h1-4H,5H2. The highest BCUT2D eigenvalue weighted by Gasteiger charge is 2.04. The Morgan fingerprint density at radius 3 is 2.86 bits per heavy atom. The van der Waals surface area contributed by atoms with Gasteiger partial charge in [-0.05, 0) is 23.8 Å². The molecule has 2 rings (SSSR count). The van der Waals surface area contributed by atoms with Crippen LogP contribution in [0.2, 0.25) is 0 Å². The summed E-state index contributed by atoms with van der Waals surface area (Å²) in [7, 11) is 0. The Morgan fingerprint density at radius 2 is 2.14 bits per heavy atom. The molecule has 0 spiro atoms. The van der Waals surface area contributed by atoms with Crippen molar-refractivity contribution in [3.05, 3.63) is 44.7 Å². The van der Waals surface area contributed by atoms with Crippen molar-refractivity contribution in [3.8, 4) is 0 Å². The molecule has 72 valence electrons. The van der Waals surface area contributed by atoms with E-state index in [0.29, 0.717) is 11.5 Å². The van der Waals surface area contributed by atoms with Gasteiger partial charge in [0.25, 0.3) is 0 Å². The van der Waals surface area contributed by atoms with Crippen LogP contribution in [-0.2, 0) is 5.88 Å². The van der Waals surface area contributed by atoms with Crippen molar-refractivity contribution >= 4 is 38.5 Å². The summed E-state index contributed by atoms with van der Waals surface area (Å²) in [6, 6.07) is 6.87. The lowest BCUT2D eigenvalue weighted by molar-refractivity contribution is 0.559. The fraction of sp³-hybridized carbons (Fsp3) is 0.100. The van der Waals surface area contributed by atoms with E-state index in [-0.39, 0.29) is 5.63 Å². The van der Waals surface area contributed by atoms with E-state index < -0.39 is 0 Å². The van der Waals surface area contributed by atoms with E-state index in [1.807, 2.05) is 12.1 Å². The minimum atomic E-state index is -0.365. The maximum absolute atomic E-state index is 11.1. The summed E-state index contributed by atoms with van der Waals surface area (Å²) in [5, 5.41) is 0.869. The second kappa shape index (κ2) is 3.75. The quantitative estimate of drug-likeness (QED) is 0.589. The molecule has 1 aromatic heterocycles. The summed E-state index contributed by atoms with van der Waals surface area (Å²) in [5.41, 5.74) is 0.992. The molecule has 0 saturated carbocycles. The van der Waals surface area contributed by atoms with E-state index >= 15 is 0 Å². The zero-order valence-corrected chi connectivity index (χ0v) is 9.43. The van der Waals surface area contributed by atoms with Crippen LogP contribution < -0.4 is 5.63 Å². The molecule has 1 heterocycles. The van der Waals surface area contributed by atoms with Gasteiger partial charge < -0.3 is 4.42 Å². The highest BCUT2D eigenvalue weighted by atomic mass is 79.9. The molecule has 4 heteroatoms. The first-order chi connectivity index (χ1) is 6.70. The molecular weight excluding hydrogens is 267 g/mol. The fourth-order valence-corrected chi connectivity index (χ4v) is 1.89. The number of fused-ring (bicyclic) bond motifs is 1. The Balaban J connectivity index is 2.88. The van der Waals surface area contributed by atoms with Crippen LogP contribution in [0.4, 0.5) is 0 Å². The molecule has 14 heavy (non-hydrogen) atoms. The topological polar surface area (TPSA) is 30.2 Å². The molecule has 0 aliphatic rings. The van der Waals surface area contributed by atoms with Crippen molar-refractivity contribution < 1.29 is 4.42 Å². The predicted molar refractivity (Wildman–Crippen MR) is 59.7 cm³/mol. The van der Waals surface area contributed by atoms with Crippen LogP contribution >= 0.6 is 27.5 Å². The zero-order chi connectivity index (χ0) is 10.1. The van der Waals surface area contributed by atoms with Gasteiger partial charge in [-0.2, -0.15) is 0 Å². The molecule has 0 unspecified atom stereocenters. The van der Waals surface area contributed by atoms with E-state index in [1.165, 1.54) is 6.07 Å². The van der Waals surface area contributed by atoms with Gasteiger partial charge in [0.1, 0.15) is 5.58 Å². The highest BCUT2D eigenvalue weighted by Crippen LogP contribution is 2.22. The Hall–Kier alpha value is -0.800. The van der Waals surface area contributed by atoms with Crippen molar-refractivity contribution in [3.63, 3.8) is 0 Å². The molecule has 0 aliphatic heterocycles. The smallest absolute Gasteiger partial charge is 0.336 e. The van der Waals surface area contributed by atoms with Crippen LogP contribution in [0.15, 0.2) is 37.9 Å². The SMILES string of the molecule is O=c1cc(CCl)c2cc(Br)ccc2o1. The molecule has 0 amide bonds. The van der Waals surface area contributed by atoms with Gasteiger partial charge in [-0.3, -0.25) is 0 Å². The van der Waals surface area contributed by atoms with Crippen LogP contribution in [0, 0.1) is 0 Å². The van der Waals surface area contributed by atoms with Crippen LogP contribution in [0.5, 0.6) is 0 Å². The van der Waals surface area contributed by atoms with E-state index in [0.717, 1.165) is 15.4 Å². The van der Waals surface area contributed by atoms with Crippen molar-refractivity contribution in [2.24, 2.45) is 0 Å². The molecule has 0 N–H and O–H groups in total. The maximum atomic E-state index is 11.1. The third-order valence-electron chi connectivity index (χ3n) is 1.93. The van der Waals surface area contributed by atoms with Crippen molar-refractivity contribution in [2.75, 3.05) is 0 Å². The first-order valence-electron chi connectivity index (χ1n) is 3.99. The lowest BCUT2D eigenvalue weighted by Gasteiger charge is -2.01. The van der Waals surface area contributed by atoms with Gasteiger partial charge in [0.15, 0.2) is 0 Å². The molecule has 2 nitrogen and oxygen atoms in total. The summed E-state index contributed by atoms with van der Waals surface area (Å²) in [6.45, 7) is 0. The highest BCUT2D eigenvalue weighted by molar-refractivity contribution is 9.10. The van der Waals surface area contributed by atoms with Crippen molar-refractivity contribution in [2.45, 2.75) is 5.88 Å². The Bertz CT molecular complexity index is 533. The molecule has 0 atom stereocenters. The molecule has 0 bridgehead atoms. The largest absolute Gasteiger partial charge is 0.423 e. The van der Waals surface area contributed by atoms with Crippen LogP contribution in [0.3, 0.4) is 0 Å². The summed E-state index contributed by atoms with van der Waals surface area (Å²) < 4.78 is 5.96. The second-order valence-corrected chi connectivity index (χ2v) is 4.05. The molecule has 0 radical (unpaired) electrons. The van der Waals surface area contributed by atoms with Gasteiger partial charge in [-0.1, -0.05) is 15.9 Å². The van der Waals surface area contributed by atoms with Crippen LogP contribution in [0.25, 0.3) is 11.0 Å². The van der Waals surface area contributed by atoms with Gasteiger partial charge >= 0.3 is 5.63 Å². The Kier molecular flexibility index (Phi) is 2.61. The minimum Gasteiger partial charge on any atom is -0.423 e. The zero-order valence-electron chi connectivity index (χ0n) is 7.09. The maximum Gasteiger partial charge on any atom is 0.336 e. The summed E-state index contributed by atoms with van der Waals surface area (Å²) in [5.74, 6) is 0.304. The van der Waals surface area contributed by atoms with Crippen molar-refractivity contribution in [1.82, 2.24) is 0 Å². The van der Waals surface area contributed by atoms with E-state index in [4.69, 9.17) is 16.0 Å².